The predicted octanol–water partition coefficient (Wildman–Crippen LogP) is 6.12. The zero-order valence-electron chi connectivity index (χ0n) is 21.6. The van der Waals surface area contributed by atoms with E-state index >= 15 is 0 Å². The lowest BCUT2D eigenvalue weighted by Crippen LogP contribution is -2.36. The summed E-state index contributed by atoms with van der Waals surface area (Å²) >= 11 is 5.29. The Labute approximate surface area is 231 Å². The van der Waals surface area contributed by atoms with Crippen molar-refractivity contribution in [1.29, 1.82) is 0 Å². The molecule has 0 unspecified atom stereocenters. The normalized spacial score (nSPS) is 19.3. The third-order valence-electron chi connectivity index (χ3n) is 6.81. The molecule has 2 aromatic carbocycles. The lowest BCUT2D eigenvalue weighted by molar-refractivity contribution is -0.138. The molecule has 2 atom stereocenters. The summed E-state index contributed by atoms with van der Waals surface area (Å²) in [5, 5.41) is 3.41. The van der Waals surface area contributed by atoms with Crippen LogP contribution in [0.4, 0.5) is 0 Å². The fourth-order valence-electron chi connectivity index (χ4n) is 5.03. The number of esters is 1. The summed E-state index contributed by atoms with van der Waals surface area (Å²) < 4.78 is 17.1. The molecule has 6 nitrogen and oxygen atoms in total. The van der Waals surface area contributed by atoms with Crippen LogP contribution in [0.5, 0.6) is 11.5 Å². The summed E-state index contributed by atoms with van der Waals surface area (Å²) in [6.07, 6.45) is 1.04. The Bertz CT molecular complexity index is 1240. The number of hydrogen-bond acceptors (Lipinski definition) is 7. The number of carbonyl (C=O) groups excluding carboxylic acids is 2. The van der Waals surface area contributed by atoms with Crippen LogP contribution in [0.3, 0.4) is 0 Å². The number of nitrogens with one attached hydrogen (secondary N) is 1. The highest BCUT2D eigenvalue weighted by Gasteiger charge is 2.41. The SMILES string of the molecule is CCSCCOC(=O)C1=C(C)NC2=C(C(=O)C[C@@H](c3ccc(OC)cc3)C2)[C@@H]1c1ccc(OC)c(Br)c1. The van der Waals surface area contributed by atoms with E-state index in [1.54, 1.807) is 26.0 Å². The molecule has 0 amide bonds. The molecule has 0 spiro atoms. The number of benzene rings is 2. The largest absolute Gasteiger partial charge is 0.497 e. The summed E-state index contributed by atoms with van der Waals surface area (Å²) in [4.78, 5) is 27.1. The smallest absolute Gasteiger partial charge is 0.336 e. The van der Waals surface area contributed by atoms with Crippen molar-refractivity contribution in [2.75, 3.05) is 32.3 Å². The number of Topliss-reactive ketones (excluding diaryl/α,β-unsaturated/α-hetero) is 1. The van der Waals surface area contributed by atoms with Gasteiger partial charge in [-0.2, -0.15) is 11.8 Å². The molecule has 37 heavy (non-hydrogen) atoms. The van der Waals surface area contributed by atoms with Gasteiger partial charge in [-0.15, -0.1) is 0 Å². The number of ether oxygens (including phenoxy) is 3. The van der Waals surface area contributed by atoms with Crippen LogP contribution < -0.4 is 14.8 Å². The van der Waals surface area contributed by atoms with Crippen LogP contribution in [-0.2, 0) is 14.3 Å². The van der Waals surface area contributed by atoms with Crippen molar-refractivity contribution in [3.8, 4) is 11.5 Å². The fourth-order valence-corrected chi connectivity index (χ4v) is 6.08. The molecule has 0 fully saturated rings. The molecular weight excluding hydrogens is 554 g/mol. The first kappa shape index (κ1) is 27.3. The van der Waals surface area contributed by atoms with Crippen molar-refractivity contribution in [2.45, 2.75) is 38.5 Å². The van der Waals surface area contributed by atoms with Crippen LogP contribution in [-0.4, -0.2) is 44.1 Å². The number of ketones is 1. The van der Waals surface area contributed by atoms with Gasteiger partial charge in [0.15, 0.2) is 5.78 Å². The highest BCUT2D eigenvalue weighted by Crippen LogP contribution is 2.46. The molecule has 2 aromatic rings. The van der Waals surface area contributed by atoms with Crippen LogP contribution in [0.25, 0.3) is 0 Å². The van der Waals surface area contributed by atoms with E-state index in [9.17, 15) is 9.59 Å². The predicted molar refractivity (Wildman–Crippen MR) is 150 cm³/mol. The van der Waals surface area contributed by atoms with Crippen LogP contribution in [0, 0.1) is 0 Å². The number of thioether (sulfide) groups is 1. The molecule has 1 aliphatic heterocycles. The number of carbonyl (C=O) groups is 2. The van der Waals surface area contributed by atoms with Gasteiger partial charge in [-0.05, 0) is 76.3 Å². The summed E-state index contributed by atoms with van der Waals surface area (Å²) in [6, 6.07) is 13.6. The fraction of sp³-hybridized carbons (Fsp3) is 0.379. The van der Waals surface area contributed by atoms with Gasteiger partial charge in [-0.3, -0.25) is 4.79 Å². The number of allylic oxidation sites excluding steroid dienone is 3. The maximum atomic E-state index is 13.8. The number of hydrogen-bond donors (Lipinski definition) is 1. The summed E-state index contributed by atoms with van der Waals surface area (Å²) in [7, 11) is 3.25. The maximum absolute atomic E-state index is 13.8. The highest BCUT2D eigenvalue weighted by molar-refractivity contribution is 9.10. The van der Waals surface area contributed by atoms with Crippen molar-refractivity contribution >= 4 is 39.4 Å². The van der Waals surface area contributed by atoms with Gasteiger partial charge in [0.1, 0.15) is 18.1 Å². The maximum Gasteiger partial charge on any atom is 0.336 e. The molecule has 8 heteroatoms. The lowest BCUT2D eigenvalue weighted by Gasteiger charge is -2.36. The molecule has 0 radical (unpaired) electrons. The molecule has 2 aliphatic rings. The van der Waals surface area contributed by atoms with Gasteiger partial charge in [0.25, 0.3) is 0 Å². The summed E-state index contributed by atoms with van der Waals surface area (Å²) in [5.41, 5.74) is 4.63. The van der Waals surface area contributed by atoms with Gasteiger partial charge in [-0.1, -0.05) is 25.1 Å². The second-order valence-electron chi connectivity index (χ2n) is 9.02. The second-order valence-corrected chi connectivity index (χ2v) is 11.3. The molecule has 4 rings (SSSR count). The van der Waals surface area contributed by atoms with Crippen molar-refractivity contribution in [3.05, 3.63) is 80.6 Å². The van der Waals surface area contributed by atoms with Crippen LogP contribution in [0.15, 0.2) is 69.5 Å². The minimum absolute atomic E-state index is 0.0332. The van der Waals surface area contributed by atoms with Gasteiger partial charge in [0.05, 0.1) is 24.3 Å². The average Bonchev–Trinajstić information content (AvgIpc) is 2.90. The second kappa shape index (κ2) is 12.2. The van der Waals surface area contributed by atoms with Gasteiger partial charge < -0.3 is 19.5 Å². The Morgan fingerprint density at radius 3 is 2.46 bits per heavy atom. The molecule has 0 saturated heterocycles. The molecule has 0 aromatic heterocycles. The third-order valence-corrected chi connectivity index (χ3v) is 8.29. The van der Waals surface area contributed by atoms with Crippen LogP contribution in [0.2, 0.25) is 0 Å². The van der Waals surface area contributed by atoms with E-state index < -0.39 is 11.9 Å². The molecule has 0 bridgehead atoms. The quantitative estimate of drug-likeness (QED) is 0.280. The van der Waals surface area contributed by atoms with Gasteiger partial charge in [-0.25, -0.2) is 4.79 Å². The van der Waals surface area contributed by atoms with Crippen molar-refractivity contribution in [1.82, 2.24) is 5.32 Å². The third kappa shape index (κ3) is 5.91. The van der Waals surface area contributed by atoms with Crippen molar-refractivity contribution in [3.63, 3.8) is 0 Å². The lowest BCUT2D eigenvalue weighted by atomic mass is 9.71. The van der Waals surface area contributed by atoms with E-state index in [4.69, 9.17) is 14.2 Å². The monoisotopic (exact) mass is 585 g/mol. The first-order valence-electron chi connectivity index (χ1n) is 12.3. The molecule has 1 aliphatic carbocycles. The standard InChI is InChI=1S/C29H32BrNO5S/c1-5-37-13-12-36-29(33)26-17(2)31-23-15-20(18-6-9-21(34-3)10-7-18)16-24(32)28(23)27(26)19-8-11-25(35-4)22(30)14-19/h6-11,14,20,27,31H,5,12-13,15-16H2,1-4H3/t20-,27+/m0/s1. The number of halogens is 1. The Kier molecular flexibility index (Phi) is 9.03. The van der Waals surface area contributed by atoms with E-state index in [0.29, 0.717) is 42.0 Å². The molecule has 0 saturated carbocycles. The Hall–Kier alpha value is -2.71. The van der Waals surface area contributed by atoms with Crippen LogP contribution in [0.1, 0.15) is 49.7 Å². The first-order chi connectivity index (χ1) is 17.9. The van der Waals surface area contributed by atoms with E-state index in [0.717, 1.165) is 38.6 Å². The first-order valence-corrected chi connectivity index (χ1v) is 14.3. The Balaban J connectivity index is 1.72. The van der Waals surface area contributed by atoms with Gasteiger partial charge >= 0.3 is 5.97 Å². The zero-order valence-corrected chi connectivity index (χ0v) is 24.0. The molecular formula is C29H32BrNO5S. The Morgan fingerprint density at radius 1 is 1.08 bits per heavy atom. The summed E-state index contributed by atoms with van der Waals surface area (Å²) in [6.45, 7) is 4.28. The van der Waals surface area contributed by atoms with Crippen molar-refractivity contribution < 1.29 is 23.8 Å². The van der Waals surface area contributed by atoms with E-state index in [2.05, 4.69) is 28.2 Å². The summed E-state index contributed by atoms with van der Waals surface area (Å²) in [5.74, 6) is 2.32. The molecule has 196 valence electrons. The molecule has 1 heterocycles. The van der Waals surface area contributed by atoms with Crippen molar-refractivity contribution in [2.24, 2.45) is 0 Å². The van der Waals surface area contributed by atoms with E-state index in [-0.39, 0.29) is 11.7 Å². The highest BCUT2D eigenvalue weighted by atomic mass is 79.9. The van der Waals surface area contributed by atoms with Crippen LogP contribution >= 0.6 is 27.7 Å². The number of methoxy groups -OCH3 is 2. The topological polar surface area (TPSA) is 73.9 Å². The molecule has 1 N–H and O–H groups in total. The zero-order chi connectivity index (χ0) is 26.5. The van der Waals surface area contributed by atoms with E-state index in [1.807, 2.05) is 49.4 Å². The minimum Gasteiger partial charge on any atom is -0.497 e. The number of dihydropyridines is 1. The van der Waals surface area contributed by atoms with Gasteiger partial charge in [0.2, 0.25) is 0 Å². The van der Waals surface area contributed by atoms with Gasteiger partial charge in [0, 0.05) is 35.1 Å². The average molecular weight is 587 g/mol. The number of rotatable bonds is 9. The minimum atomic E-state index is -0.519. The van der Waals surface area contributed by atoms with E-state index in [1.165, 1.54) is 0 Å². The Morgan fingerprint density at radius 2 is 1.81 bits per heavy atom.